The molecular weight excluding hydrogens is 465 g/mol. The summed E-state index contributed by atoms with van der Waals surface area (Å²) < 4.78 is 13.5. The molecule has 35 heavy (non-hydrogen) atoms. The van der Waals surface area contributed by atoms with Crippen LogP contribution in [0.2, 0.25) is 5.02 Å². The Morgan fingerprint density at radius 3 is 2.46 bits per heavy atom. The number of rotatable bonds is 5. The molecule has 1 atom stereocenters. The molecule has 0 radical (unpaired) electrons. The summed E-state index contributed by atoms with van der Waals surface area (Å²) in [5.74, 6) is 2.08. The Balaban J connectivity index is 1.39. The van der Waals surface area contributed by atoms with Gasteiger partial charge in [0.25, 0.3) is 0 Å². The van der Waals surface area contributed by atoms with Gasteiger partial charge in [0.05, 0.1) is 23.2 Å². The third-order valence-corrected chi connectivity index (χ3v) is 6.99. The molecule has 7 nitrogen and oxygen atoms in total. The molecule has 9 heteroatoms. The van der Waals surface area contributed by atoms with Crippen molar-refractivity contribution in [2.75, 3.05) is 47.4 Å². The van der Waals surface area contributed by atoms with Crippen LogP contribution in [-0.2, 0) is 6.42 Å². The molecule has 1 unspecified atom stereocenters. The molecule has 180 valence electrons. The van der Waals surface area contributed by atoms with Crippen molar-refractivity contribution in [3.8, 4) is 17.3 Å². The minimum absolute atomic E-state index is 0.263. The van der Waals surface area contributed by atoms with Gasteiger partial charge in [0.2, 0.25) is 5.95 Å². The molecule has 0 amide bonds. The van der Waals surface area contributed by atoms with E-state index in [0.29, 0.717) is 17.5 Å². The molecule has 0 bridgehead atoms. The summed E-state index contributed by atoms with van der Waals surface area (Å²) in [5, 5.41) is 9.47. The quantitative estimate of drug-likeness (QED) is 0.511. The van der Waals surface area contributed by atoms with Gasteiger partial charge in [0, 0.05) is 56.6 Å². The third kappa shape index (κ3) is 5.01. The zero-order valence-corrected chi connectivity index (χ0v) is 20.4. The van der Waals surface area contributed by atoms with E-state index in [0.717, 1.165) is 80.0 Å². The van der Waals surface area contributed by atoms with Gasteiger partial charge in [-0.05, 0) is 55.7 Å². The summed E-state index contributed by atoms with van der Waals surface area (Å²) in [6.45, 7) is 6.15. The van der Waals surface area contributed by atoms with Gasteiger partial charge in [0.1, 0.15) is 17.5 Å². The maximum Gasteiger partial charge on any atom is 0.228 e. The molecule has 0 spiro atoms. The number of nitriles is 1. The Morgan fingerprint density at radius 2 is 1.80 bits per heavy atom. The number of pyridine rings is 1. The normalized spacial score (nSPS) is 18.1. The first kappa shape index (κ1) is 23.3. The second-order valence-electron chi connectivity index (χ2n) is 9.06. The first-order valence-electron chi connectivity index (χ1n) is 11.9. The average Bonchev–Trinajstić information content (AvgIpc) is 3.30. The lowest BCUT2D eigenvalue weighted by Gasteiger charge is -2.37. The van der Waals surface area contributed by atoms with E-state index < -0.39 is 0 Å². The standard InChI is InChI=1S/C26H27ClFN7/c1-18-3-2-10-35(18)26-31-23(20-4-6-21(28)7-5-20)16-24(32-26)33-11-13-34(14-12-33)25-22(27)15-19(8-9-29)17-30-25/h4-7,15-18H,2-3,8,10-14H2,1H3. The Kier molecular flexibility index (Phi) is 6.69. The number of hydrogen-bond acceptors (Lipinski definition) is 7. The van der Waals surface area contributed by atoms with Crippen LogP contribution >= 0.6 is 11.6 Å². The van der Waals surface area contributed by atoms with Gasteiger partial charge in [-0.2, -0.15) is 10.2 Å². The number of piperazine rings is 1. The molecule has 2 aromatic heterocycles. The van der Waals surface area contributed by atoms with Gasteiger partial charge in [-0.15, -0.1) is 0 Å². The molecule has 1 aromatic carbocycles. The molecule has 5 rings (SSSR count). The van der Waals surface area contributed by atoms with Gasteiger partial charge >= 0.3 is 0 Å². The summed E-state index contributed by atoms with van der Waals surface area (Å²) in [6, 6.07) is 12.8. The van der Waals surface area contributed by atoms with Crippen LogP contribution < -0.4 is 14.7 Å². The largest absolute Gasteiger partial charge is 0.353 e. The lowest BCUT2D eigenvalue weighted by Crippen LogP contribution is -2.47. The molecule has 0 saturated carbocycles. The predicted octanol–water partition coefficient (Wildman–Crippen LogP) is 4.71. The molecule has 3 aromatic rings. The fourth-order valence-electron chi connectivity index (χ4n) is 4.75. The highest BCUT2D eigenvalue weighted by Crippen LogP contribution is 2.30. The van der Waals surface area contributed by atoms with Crippen LogP contribution in [0.3, 0.4) is 0 Å². The number of hydrogen-bond donors (Lipinski definition) is 0. The minimum atomic E-state index is -0.263. The lowest BCUT2D eigenvalue weighted by atomic mass is 10.1. The first-order chi connectivity index (χ1) is 17.0. The molecular formula is C26H27ClFN7. The topological polar surface area (TPSA) is 72.2 Å². The SMILES string of the molecule is CC1CCCN1c1nc(-c2ccc(F)cc2)cc(N2CCN(c3ncc(CC#N)cc3Cl)CC2)n1. The number of benzene rings is 1. The Hall–Kier alpha value is -3.44. The van der Waals surface area contributed by atoms with Crippen molar-refractivity contribution in [1.82, 2.24) is 15.0 Å². The smallest absolute Gasteiger partial charge is 0.228 e. The Morgan fingerprint density at radius 1 is 1.06 bits per heavy atom. The van der Waals surface area contributed by atoms with Crippen molar-refractivity contribution in [2.24, 2.45) is 0 Å². The average molecular weight is 492 g/mol. The van der Waals surface area contributed by atoms with Crippen LogP contribution in [0.15, 0.2) is 42.6 Å². The maximum absolute atomic E-state index is 13.5. The fourth-order valence-corrected chi connectivity index (χ4v) is 5.06. The van der Waals surface area contributed by atoms with E-state index in [1.54, 1.807) is 18.3 Å². The van der Waals surface area contributed by atoms with E-state index >= 15 is 0 Å². The molecule has 0 aliphatic carbocycles. The summed E-state index contributed by atoms with van der Waals surface area (Å²) in [4.78, 5) is 21.0. The van der Waals surface area contributed by atoms with E-state index in [2.05, 4.69) is 32.7 Å². The van der Waals surface area contributed by atoms with Crippen molar-refractivity contribution >= 4 is 29.2 Å². The second kappa shape index (κ2) is 10.0. The summed E-state index contributed by atoms with van der Waals surface area (Å²) in [7, 11) is 0. The number of anilines is 3. The number of aromatic nitrogens is 3. The summed E-state index contributed by atoms with van der Waals surface area (Å²) in [5.41, 5.74) is 2.48. The highest BCUT2D eigenvalue weighted by atomic mass is 35.5. The molecule has 4 heterocycles. The molecule has 2 saturated heterocycles. The summed E-state index contributed by atoms with van der Waals surface area (Å²) >= 11 is 6.48. The predicted molar refractivity (Wildman–Crippen MR) is 136 cm³/mol. The van der Waals surface area contributed by atoms with Crippen molar-refractivity contribution in [3.63, 3.8) is 0 Å². The molecule has 2 aliphatic heterocycles. The van der Waals surface area contributed by atoms with E-state index in [4.69, 9.17) is 26.8 Å². The lowest BCUT2D eigenvalue weighted by molar-refractivity contribution is 0.628. The van der Waals surface area contributed by atoms with Crippen molar-refractivity contribution < 1.29 is 4.39 Å². The fraction of sp³-hybridized carbons (Fsp3) is 0.385. The van der Waals surface area contributed by atoms with Gasteiger partial charge in [-0.3, -0.25) is 0 Å². The van der Waals surface area contributed by atoms with Gasteiger partial charge < -0.3 is 14.7 Å². The van der Waals surface area contributed by atoms with Gasteiger partial charge in [0.15, 0.2) is 0 Å². The van der Waals surface area contributed by atoms with Crippen molar-refractivity contribution in [2.45, 2.75) is 32.2 Å². The van der Waals surface area contributed by atoms with E-state index in [-0.39, 0.29) is 5.82 Å². The Labute approximate surface area is 209 Å². The zero-order valence-electron chi connectivity index (χ0n) is 19.7. The van der Waals surface area contributed by atoms with Crippen molar-refractivity contribution in [3.05, 3.63) is 59.0 Å². The van der Waals surface area contributed by atoms with Crippen molar-refractivity contribution in [1.29, 1.82) is 5.26 Å². The maximum atomic E-state index is 13.5. The zero-order chi connectivity index (χ0) is 24.4. The van der Waals surface area contributed by atoms with Crippen LogP contribution in [0.1, 0.15) is 25.3 Å². The first-order valence-corrected chi connectivity index (χ1v) is 12.3. The molecule has 2 fully saturated rings. The van der Waals surface area contributed by atoms with Crippen LogP contribution in [0.4, 0.5) is 22.0 Å². The van der Waals surface area contributed by atoms with Gasteiger partial charge in [-0.25, -0.2) is 14.4 Å². The van der Waals surface area contributed by atoms with Crippen LogP contribution in [0.5, 0.6) is 0 Å². The Bertz CT molecular complexity index is 1240. The van der Waals surface area contributed by atoms with Crippen LogP contribution in [0, 0.1) is 17.1 Å². The van der Waals surface area contributed by atoms with Gasteiger partial charge in [-0.1, -0.05) is 11.6 Å². The highest BCUT2D eigenvalue weighted by molar-refractivity contribution is 6.33. The van der Waals surface area contributed by atoms with Crippen LogP contribution in [0.25, 0.3) is 11.3 Å². The second-order valence-corrected chi connectivity index (χ2v) is 9.47. The minimum Gasteiger partial charge on any atom is -0.353 e. The van der Waals surface area contributed by atoms with E-state index in [1.165, 1.54) is 12.1 Å². The number of halogens is 2. The monoisotopic (exact) mass is 491 g/mol. The highest BCUT2D eigenvalue weighted by Gasteiger charge is 2.26. The van der Waals surface area contributed by atoms with E-state index in [1.807, 2.05) is 12.1 Å². The third-order valence-electron chi connectivity index (χ3n) is 6.72. The van der Waals surface area contributed by atoms with E-state index in [9.17, 15) is 4.39 Å². The molecule has 0 N–H and O–H groups in total. The molecule has 2 aliphatic rings. The number of nitrogens with zero attached hydrogens (tertiary/aromatic N) is 7. The van der Waals surface area contributed by atoms with Crippen LogP contribution in [-0.4, -0.2) is 53.7 Å². The summed E-state index contributed by atoms with van der Waals surface area (Å²) in [6.07, 6.45) is 4.27.